The predicted octanol–water partition coefficient (Wildman–Crippen LogP) is 1.14. The molecule has 1 aromatic rings. The van der Waals surface area contributed by atoms with E-state index < -0.39 is 5.54 Å². The number of amides is 2. The van der Waals surface area contributed by atoms with E-state index in [4.69, 9.17) is 5.73 Å². The lowest BCUT2D eigenvalue weighted by atomic mass is 9.92. The van der Waals surface area contributed by atoms with E-state index in [2.05, 4.69) is 15.2 Å². The van der Waals surface area contributed by atoms with Crippen molar-refractivity contribution in [1.29, 1.82) is 0 Å². The van der Waals surface area contributed by atoms with Gasteiger partial charge in [0, 0.05) is 44.6 Å². The molecular formula is C21H33N5O2. The summed E-state index contributed by atoms with van der Waals surface area (Å²) in [5.74, 6) is 0.191. The number of nitrogens with one attached hydrogen (secondary N) is 1. The van der Waals surface area contributed by atoms with E-state index in [9.17, 15) is 9.59 Å². The highest BCUT2D eigenvalue weighted by molar-refractivity contribution is 5.85. The molecule has 3 rings (SSSR count). The summed E-state index contributed by atoms with van der Waals surface area (Å²) in [6, 6.07) is 4.30. The molecule has 0 aliphatic carbocycles. The summed E-state index contributed by atoms with van der Waals surface area (Å²) in [7, 11) is 0. The molecule has 7 nitrogen and oxygen atoms in total. The number of likely N-dealkylation sites (tertiary alicyclic amines) is 2. The first-order chi connectivity index (χ1) is 13.3. The van der Waals surface area contributed by atoms with Gasteiger partial charge in [-0.05, 0) is 57.7 Å². The summed E-state index contributed by atoms with van der Waals surface area (Å²) in [6.45, 7) is 7.39. The normalized spacial score (nSPS) is 22.1. The number of piperidine rings is 2. The van der Waals surface area contributed by atoms with Crippen molar-refractivity contribution < 1.29 is 9.59 Å². The van der Waals surface area contributed by atoms with Crippen LogP contribution in [-0.2, 0) is 16.1 Å². The SMILES string of the molecule is CC(C)(N)C(=O)N1CCC(N2CCC[C@H](C(=O)NCc3cccnc3)C2)CC1. The third kappa shape index (κ3) is 5.29. The lowest BCUT2D eigenvalue weighted by Crippen LogP contribution is -2.56. The molecule has 3 heterocycles. The molecule has 0 unspecified atom stereocenters. The maximum absolute atomic E-state index is 12.6. The first-order valence-corrected chi connectivity index (χ1v) is 10.3. The standard InChI is InChI=1S/C21H33N5O2/c1-21(2,22)20(28)25-11-7-18(8-12-25)26-10-4-6-17(15-26)19(27)24-14-16-5-3-9-23-13-16/h3,5,9,13,17-18H,4,6-8,10-12,14-15,22H2,1-2H3,(H,24,27)/t17-/m0/s1. The highest BCUT2D eigenvalue weighted by atomic mass is 16.2. The van der Waals surface area contributed by atoms with Gasteiger partial charge in [-0.2, -0.15) is 0 Å². The Kier molecular flexibility index (Phi) is 6.67. The van der Waals surface area contributed by atoms with Crippen molar-refractivity contribution in [2.45, 2.75) is 57.7 Å². The predicted molar refractivity (Wildman–Crippen MR) is 108 cm³/mol. The van der Waals surface area contributed by atoms with Gasteiger partial charge < -0.3 is 16.0 Å². The van der Waals surface area contributed by atoms with Crippen molar-refractivity contribution in [2.24, 2.45) is 11.7 Å². The number of aromatic nitrogens is 1. The Bertz CT molecular complexity index is 665. The summed E-state index contributed by atoms with van der Waals surface area (Å²) < 4.78 is 0. The van der Waals surface area contributed by atoms with Crippen molar-refractivity contribution >= 4 is 11.8 Å². The second-order valence-electron chi connectivity index (χ2n) is 8.66. The van der Waals surface area contributed by atoms with Crippen molar-refractivity contribution in [2.75, 3.05) is 26.2 Å². The number of hydrogen-bond donors (Lipinski definition) is 2. The summed E-state index contributed by atoms with van der Waals surface area (Å²) in [4.78, 5) is 33.4. The molecule has 2 fully saturated rings. The van der Waals surface area contributed by atoms with Crippen LogP contribution in [0.25, 0.3) is 0 Å². The quantitative estimate of drug-likeness (QED) is 0.790. The number of carbonyl (C=O) groups is 2. The van der Waals surface area contributed by atoms with Gasteiger partial charge in [-0.1, -0.05) is 6.07 Å². The summed E-state index contributed by atoms with van der Waals surface area (Å²) >= 11 is 0. The highest BCUT2D eigenvalue weighted by Gasteiger charge is 2.35. The average molecular weight is 388 g/mol. The zero-order valence-corrected chi connectivity index (χ0v) is 17.1. The first kappa shape index (κ1) is 20.7. The Morgan fingerprint density at radius 3 is 2.64 bits per heavy atom. The van der Waals surface area contributed by atoms with E-state index in [1.54, 1.807) is 26.2 Å². The fourth-order valence-corrected chi connectivity index (χ4v) is 4.23. The zero-order valence-electron chi connectivity index (χ0n) is 17.1. The molecule has 2 amide bonds. The number of hydrogen-bond acceptors (Lipinski definition) is 5. The van der Waals surface area contributed by atoms with E-state index in [0.717, 1.165) is 57.4 Å². The van der Waals surface area contributed by atoms with Crippen LogP contribution in [0, 0.1) is 5.92 Å². The molecule has 0 saturated carbocycles. The van der Waals surface area contributed by atoms with Crippen LogP contribution in [0.4, 0.5) is 0 Å². The maximum Gasteiger partial charge on any atom is 0.242 e. The van der Waals surface area contributed by atoms with E-state index in [1.807, 2.05) is 17.0 Å². The van der Waals surface area contributed by atoms with Crippen LogP contribution in [0.2, 0.25) is 0 Å². The van der Waals surface area contributed by atoms with E-state index in [1.165, 1.54) is 0 Å². The molecule has 154 valence electrons. The van der Waals surface area contributed by atoms with Crippen LogP contribution < -0.4 is 11.1 Å². The molecule has 1 atom stereocenters. The number of rotatable bonds is 5. The van der Waals surface area contributed by atoms with Crippen LogP contribution in [0.1, 0.15) is 45.1 Å². The minimum Gasteiger partial charge on any atom is -0.352 e. The van der Waals surface area contributed by atoms with Crippen LogP contribution in [0.3, 0.4) is 0 Å². The van der Waals surface area contributed by atoms with E-state index in [0.29, 0.717) is 12.6 Å². The van der Waals surface area contributed by atoms with Crippen LogP contribution >= 0.6 is 0 Å². The van der Waals surface area contributed by atoms with Gasteiger partial charge >= 0.3 is 0 Å². The third-order valence-corrected chi connectivity index (χ3v) is 5.83. The largest absolute Gasteiger partial charge is 0.352 e. The number of carbonyl (C=O) groups excluding carboxylic acids is 2. The Morgan fingerprint density at radius 1 is 1.25 bits per heavy atom. The van der Waals surface area contributed by atoms with Gasteiger partial charge in [0.05, 0.1) is 11.5 Å². The van der Waals surface area contributed by atoms with Crippen LogP contribution in [0.15, 0.2) is 24.5 Å². The number of nitrogens with zero attached hydrogens (tertiary/aromatic N) is 3. The third-order valence-electron chi connectivity index (χ3n) is 5.83. The van der Waals surface area contributed by atoms with E-state index >= 15 is 0 Å². The van der Waals surface area contributed by atoms with Crippen molar-refractivity contribution in [1.82, 2.24) is 20.1 Å². The Labute approximate surface area is 167 Å². The van der Waals surface area contributed by atoms with Gasteiger partial charge in [0.25, 0.3) is 0 Å². The van der Waals surface area contributed by atoms with Gasteiger partial charge in [0.15, 0.2) is 0 Å². The Morgan fingerprint density at radius 2 is 2.00 bits per heavy atom. The fraction of sp³-hybridized carbons (Fsp3) is 0.667. The molecule has 0 spiro atoms. The number of nitrogens with two attached hydrogens (primary N) is 1. The van der Waals surface area contributed by atoms with Gasteiger partial charge in [0.1, 0.15) is 0 Å². The lowest BCUT2D eigenvalue weighted by molar-refractivity contribution is -0.137. The second-order valence-corrected chi connectivity index (χ2v) is 8.66. The topological polar surface area (TPSA) is 91.6 Å². The van der Waals surface area contributed by atoms with Crippen molar-refractivity contribution in [3.05, 3.63) is 30.1 Å². The van der Waals surface area contributed by atoms with Gasteiger partial charge in [-0.15, -0.1) is 0 Å². The number of pyridine rings is 1. The van der Waals surface area contributed by atoms with Crippen LogP contribution in [0.5, 0.6) is 0 Å². The minimum absolute atomic E-state index is 0.0252. The van der Waals surface area contributed by atoms with Gasteiger partial charge in [-0.3, -0.25) is 19.5 Å². The van der Waals surface area contributed by atoms with Crippen molar-refractivity contribution in [3.8, 4) is 0 Å². The maximum atomic E-state index is 12.6. The van der Waals surface area contributed by atoms with Crippen LogP contribution in [-0.4, -0.2) is 64.4 Å². The average Bonchev–Trinajstić information content (AvgIpc) is 2.72. The molecule has 2 aliphatic heterocycles. The summed E-state index contributed by atoms with van der Waals surface area (Å²) in [6.07, 6.45) is 7.40. The molecule has 0 radical (unpaired) electrons. The zero-order chi connectivity index (χ0) is 20.1. The Hall–Kier alpha value is -1.99. The molecular weight excluding hydrogens is 354 g/mol. The summed E-state index contributed by atoms with van der Waals surface area (Å²) in [5.41, 5.74) is 6.17. The Balaban J connectivity index is 1.47. The molecule has 0 bridgehead atoms. The molecule has 2 saturated heterocycles. The highest BCUT2D eigenvalue weighted by Crippen LogP contribution is 2.25. The van der Waals surface area contributed by atoms with Gasteiger partial charge in [-0.25, -0.2) is 0 Å². The fourth-order valence-electron chi connectivity index (χ4n) is 4.23. The molecule has 1 aromatic heterocycles. The summed E-state index contributed by atoms with van der Waals surface area (Å²) in [5, 5.41) is 3.06. The first-order valence-electron chi connectivity index (χ1n) is 10.3. The molecule has 2 aliphatic rings. The minimum atomic E-state index is -0.810. The monoisotopic (exact) mass is 387 g/mol. The van der Waals surface area contributed by atoms with Gasteiger partial charge in [0.2, 0.25) is 11.8 Å². The molecule has 7 heteroatoms. The smallest absolute Gasteiger partial charge is 0.242 e. The van der Waals surface area contributed by atoms with E-state index in [-0.39, 0.29) is 17.7 Å². The second kappa shape index (κ2) is 9.01. The lowest BCUT2D eigenvalue weighted by Gasteiger charge is -2.43. The molecule has 28 heavy (non-hydrogen) atoms. The van der Waals surface area contributed by atoms with Crippen molar-refractivity contribution in [3.63, 3.8) is 0 Å². The molecule has 0 aromatic carbocycles. The molecule has 3 N–H and O–H groups in total.